The van der Waals surface area contributed by atoms with Gasteiger partial charge in [0, 0.05) is 13.2 Å². The first kappa shape index (κ1) is 11.8. The van der Waals surface area contributed by atoms with Gasteiger partial charge in [0.15, 0.2) is 17.8 Å². The highest BCUT2D eigenvalue weighted by Crippen LogP contribution is 2.27. The highest BCUT2D eigenvalue weighted by atomic mass is 32.1. The number of hydrogen-bond acceptors (Lipinski definition) is 5. The van der Waals surface area contributed by atoms with E-state index < -0.39 is 0 Å². The number of rotatable bonds is 5. The molecule has 0 bridgehead atoms. The third-order valence-corrected chi connectivity index (χ3v) is 3.02. The molecule has 2 heterocycles. The molecule has 0 saturated carbocycles. The summed E-state index contributed by atoms with van der Waals surface area (Å²) in [4.78, 5) is 16.6. The van der Waals surface area contributed by atoms with Gasteiger partial charge in [0.05, 0.1) is 4.88 Å². The maximum absolute atomic E-state index is 11.8. The molecule has 0 saturated heterocycles. The number of thiophene rings is 1. The molecule has 2 aromatic heterocycles. The average Bonchev–Trinajstić information content (AvgIpc) is 2.99. The molecule has 5 nitrogen and oxygen atoms in total. The fourth-order valence-electron chi connectivity index (χ4n) is 1.36. The number of aromatic nitrogens is 1. The molecule has 0 radical (unpaired) electrons. The lowest BCUT2D eigenvalue weighted by atomic mass is 10.3. The van der Waals surface area contributed by atoms with Crippen molar-refractivity contribution in [2.24, 2.45) is 0 Å². The van der Waals surface area contributed by atoms with Gasteiger partial charge in [-0.1, -0.05) is 6.07 Å². The molecule has 0 fully saturated rings. The predicted octanol–water partition coefficient (Wildman–Crippen LogP) is 1.52. The van der Waals surface area contributed by atoms with Crippen molar-refractivity contribution in [1.29, 1.82) is 0 Å². The molecule has 0 spiro atoms. The van der Waals surface area contributed by atoms with E-state index in [1.165, 1.54) is 17.7 Å². The van der Waals surface area contributed by atoms with E-state index in [1.54, 1.807) is 0 Å². The minimum Gasteiger partial charge on any atom is -0.442 e. The molecule has 0 aromatic carbocycles. The summed E-state index contributed by atoms with van der Waals surface area (Å²) in [5, 5.41) is 13.2. The van der Waals surface area contributed by atoms with Crippen molar-refractivity contribution >= 4 is 17.2 Å². The number of oxazole rings is 1. The molecule has 90 valence electrons. The zero-order valence-corrected chi connectivity index (χ0v) is 9.87. The summed E-state index contributed by atoms with van der Waals surface area (Å²) in [6, 6.07) is 3.76. The molecule has 0 aliphatic carbocycles. The van der Waals surface area contributed by atoms with E-state index in [0.717, 1.165) is 4.88 Å². The summed E-state index contributed by atoms with van der Waals surface area (Å²) in [5.41, 5.74) is 0.283. The SMILES string of the molecule is O=C(NCCCO)c1ncoc1-c1cccs1. The number of carbonyl (C=O) groups excluding carboxylic acids is 1. The molecule has 2 aromatic rings. The summed E-state index contributed by atoms with van der Waals surface area (Å²) in [5.74, 6) is 0.206. The van der Waals surface area contributed by atoms with Gasteiger partial charge in [-0.25, -0.2) is 4.98 Å². The molecule has 2 N–H and O–H groups in total. The highest BCUT2D eigenvalue weighted by Gasteiger charge is 2.18. The largest absolute Gasteiger partial charge is 0.442 e. The molecular weight excluding hydrogens is 240 g/mol. The van der Waals surface area contributed by atoms with Gasteiger partial charge in [0.2, 0.25) is 0 Å². The van der Waals surface area contributed by atoms with Crippen LogP contribution in [0.4, 0.5) is 0 Å². The lowest BCUT2D eigenvalue weighted by Gasteiger charge is -2.01. The van der Waals surface area contributed by atoms with Crippen LogP contribution in [0.5, 0.6) is 0 Å². The quantitative estimate of drug-likeness (QED) is 0.791. The second kappa shape index (κ2) is 5.60. The number of aliphatic hydroxyl groups excluding tert-OH is 1. The van der Waals surface area contributed by atoms with Crippen molar-refractivity contribution in [3.05, 3.63) is 29.6 Å². The predicted molar refractivity (Wildman–Crippen MR) is 63.9 cm³/mol. The number of nitrogens with zero attached hydrogens (tertiary/aromatic N) is 1. The van der Waals surface area contributed by atoms with E-state index in [4.69, 9.17) is 9.52 Å². The Morgan fingerprint density at radius 2 is 2.47 bits per heavy atom. The van der Waals surface area contributed by atoms with Crippen LogP contribution < -0.4 is 5.32 Å². The minimum absolute atomic E-state index is 0.0525. The Balaban J connectivity index is 2.11. The number of aliphatic hydroxyl groups is 1. The van der Waals surface area contributed by atoms with E-state index in [-0.39, 0.29) is 18.2 Å². The second-order valence-electron chi connectivity index (χ2n) is 3.34. The first-order chi connectivity index (χ1) is 8.33. The summed E-state index contributed by atoms with van der Waals surface area (Å²) in [6.45, 7) is 0.475. The summed E-state index contributed by atoms with van der Waals surface area (Å²) >= 11 is 1.49. The van der Waals surface area contributed by atoms with Crippen molar-refractivity contribution in [2.45, 2.75) is 6.42 Å². The Morgan fingerprint density at radius 1 is 1.59 bits per heavy atom. The third-order valence-electron chi connectivity index (χ3n) is 2.15. The summed E-state index contributed by atoms with van der Waals surface area (Å²) in [7, 11) is 0. The second-order valence-corrected chi connectivity index (χ2v) is 4.29. The lowest BCUT2D eigenvalue weighted by molar-refractivity contribution is 0.0947. The van der Waals surface area contributed by atoms with Crippen molar-refractivity contribution < 1.29 is 14.3 Å². The van der Waals surface area contributed by atoms with Crippen LogP contribution in [0.1, 0.15) is 16.9 Å². The van der Waals surface area contributed by atoms with Crippen molar-refractivity contribution in [1.82, 2.24) is 10.3 Å². The van der Waals surface area contributed by atoms with Gasteiger partial charge in [-0.3, -0.25) is 4.79 Å². The van der Waals surface area contributed by atoms with Crippen LogP contribution in [0.3, 0.4) is 0 Å². The molecule has 0 aliphatic rings. The van der Waals surface area contributed by atoms with E-state index in [0.29, 0.717) is 18.7 Å². The molecule has 1 amide bonds. The molecule has 6 heteroatoms. The summed E-state index contributed by atoms with van der Waals surface area (Å²) in [6.07, 6.45) is 1.79. The fraction of sp³-hybridized carbons (Fsp3) is 0.273. The van der Waals surface area contributed by atoms with E-state index in [2.05, 4.69) is 10.3 Å². The number of amides is 1. The smallest absolute Gasteiger partial charge is 0.273 e. The maximum Gasteiger partial charge on any atom is 0.273 e. The normalized spacial score (nSPS) is 10.4. The van der Waals surface area contributed by atoms with Crippen molar-refractivity contribution in [2.75, 3.05) is 13.2 Å². The topological polar surface area (TPSA) is 75.4 Å². The minimum atomic E-state index is -0.282. The molecule has 0 unspecified atom stereocenters. The monoisotopic (exact) mass is 252 g/mol. The molecule has 0 atom stereocenters. The van der Waals surface area contributed by atoms with Gasteiger partial charge in [0.1, 0.15) is 0 Å². The first-order valence-electron chi connectivity index (χ1n) is 5.19. The van der Waals surface area contributed by atoms with Gasteiger partial charge >= 0.3 is 0 Å². The summed E-state index contributed by atoms with van der Waals surface area (Å²) < 4.78 is 5.23. The number of nitrogens with one attached hydrogen (secondary N) is 1. The van der Waals surface area contributed by atoms with Crippen molar-refractivity contribution in [3.8, 4) is 10.6 Å². The Morgan fingerprint density at radius 3 is 3.18 bits per heavy atom. The average molecular weight is 252 g/mol. The molecule has 17 heavy (non-hydrogen) atoms. The van der Waals surface area contributed by atoms with Crippen LogP contribution in [0.2, 0.25) is 0 Å². The van der Waals surface area contributed by atoms with E-state index >= 15 is 0 Å². The Kier molecular flexibility index (Phi) is 3.89. The first-order valence-corrected chi connectivity index (χ1v) is 6.07. The number of hydrogen-bond donors (Lipinski definition) is 2. The van der Waals surface area contributed by atoms with Crippen LogP contribution in [0.25, 0.3) is 10.6 Å². The van der Waals surface area contributed by atoms with Crippen molar-refractivity contribution in [3.63, 3.8) is 0 Å². The van der Waals surface area contributed by atoms with E-state index in [1.807, 2.05) is 17.5 Å². The van der Waals surface area contributed by atoms with Gasteiger partial charge in [0.25, 0.3) is 5.91 Å². The maximum atomic E-state index is 11.8. The van der Waals surface area contributed by atoms with Gasteiger partial charge in [-0.15, -0.1) is 11.3 Å². The Bertz CT molecular complexity index is 479. The van der Waals surface area contributed by atoms with Crippen LogP contribution in [0.15, 0.2) is 28.3 Å². The standard InChI is InChI=1S/C11H12N2O3S/c14-5-2-4-12-11(15)9-10(16-7-13-9)8-3-1-6-17-8/h1,3,6-7,14H,2,4-5H2,(H,12,15). The molecule has 2 rings (SSSR count). The Labute approximate surface area is 102 Å². The molecular formula is C11H12N2O3S. The highest BCUT2D eigenvalue weighted by molar-refractivity contribution is 7.13. The van der Waals surface area contributed by atoms with Gasteiger partial charge < -0.3 is 14.8 Å². The van der Waals surface area contributed by atoms with Crippen LogP contribution >= 0.6 is 11.3 Å². The Hall–Kier alpha value is -1.66. The molecule has 0 aliphatic heterocycles. The van der Waals surface area contributed by atoms with Crippen LogP contribution in [0, 0.1) is 0 Å². The van der Waals surface area contributed by atoms with Crippen LogP contribution in [-0.4, -0.2) is 29.1 Å². The zero-order chi connectivity index (χ0) is 12.1. The lowest BCUT2D eigenvalue weighted by Crippen LogP contribution is -2.25. The third kappa shape index (κ3) is 2.72. The fourth-order valence-corrected chi connectivity index (χ4v) is 2.07. The van der Waals surface area contributed by atoms with Gasteiger partial charge in [-0.2, -0.15) is 0 Å². The van der Waals surface area contributed by atoms with E-state index in [9.17, 15) is 4.79 Å². The zero-order valence-electron chi connectivity index (χ0n) is 9.05. The van der Waals surface area contributed by atoms with Crippen LogP contribution in [-0.2, 0) is 0 Å². The van der Waals surface area contributed by atoms with Gasteiger partial charge in [-0.05, 0) is 17.9 Å². The number of carbonyl (C=O) groups is 1.